The van der Waals surface area contributed by atoms with E-state index in [1.165, 1.54) is 6.20 Å². The van der Waals surface area contributed by atoms with Gasteiger partial charge in [-0.05, 0) is 25.1 Å². The summed E-state index contributed by atoms with van der Waals surface area (Å²) in [7, 11) is 0. The molecule has 144 valence electrons. The number of pyridine rings is 1. The van der Waals surface area contributed by atoms with Crippen LogP contribution >= 0.6 is 0 Å². The van der Waals surface area contributed by atoms with Gasteiger partial charge in [0.25, 0.3) is 0 Å². The Kier molecular flexibility index (Phi) is 5.20. The van der Waals surface area contributed by atoms with Crippen LogP contribution in [0, 0.1) is 6.92 Å². The summed E-state index contributed by atoms with van der Waals surface area (Å²) in [6.45, 7) is 1.77. The molecule has 0 aliphatic carbocycles. The number of urea groups is 1. The van der Waals surface area contributed by atoms with E-state index in [1.54, 1.807) is 19.1 Å². The topological polar surface area (TPSA) is 89.3 Å². The number of carbonyl (C=O) groups excluding carboxylic acids is 1. The highest BCUT2D eigenvalue weighted by atomic mass is 16.5. The van der Waals surface area contributed by atoms with Gasteiger partial charge < -0.3 is 19.9 Å². The van der Waals surface area contributed by atoms with E-state index in [-0.39, 0.29) is 0 Å². The second-order valence-corrected chi connectivity index (χ2v) is 6.22. The summed E-state index contributed by atoms with van der Waals surface area (Å²) >= 11 is 0. The van der Waals surface area contributed by atoms with Crippen LogP contribution in [0.5, 0.6) is 11.6 Å². The molecule has 2 N–H and O–H groups in total. The fourth-order valence-electron chi connectivity index (χ4n) is 2.70. The number of benzene rings is 2. The van der Waals surface area contributed by atoms with E-state index in [0.29, 0.717) is 34.5 Å². The van der Waals surface area contributed by atoms with Crippen molar-refractivity contribution in [1.29, 1.82) is 0 Å². The van der Waals surface area contributed by atoms with Crippen molar-refractivity contribution in [1.82, 2.24) is 10.1 Å². The Labute approximate surface area is 167 Å². The molecule has 2 amide bonds. The molecule has 2 heterocycles. The van der Waals surface area contributed by atoms with E-state index >= 15 is 0 Å². The Hall–Kier alpha value is -4.13. The van der Waals surface area contributed by atoms with Crippen molar-refractivity contribution in [2.75, 3.05) is 10.6 Å². The van der Waals surface area contributed by atoms with Crippen LogP contribution in [0.15, 0.2) is 83.5 Å². The van der Waals surface area contributed by atoms with Gasteiger partial charge in [-0.3, -0.25) is 0 Å². The Morgan fingerprint density at radius 1 is 0.931 bits per heavy atom. The molecule has 0 unspecified atom stereocenters. The van der Waals surface area contributed by atoms with Crippen molar-refractivity contribution in [3.05, 3.63) is 84.7 Å². The van der Waals surface area contributed by atoms with E-state index < -0.39 is 6.03 Å². The Bertz CT molecular complexity index is 1090. The van der Waals surface area contributed by atoms with Crippen LogP contribution in [0.25, 0.3) is 11.3 Å². The fourth-order valence-corrected chi connectivity index (χ4v) is 2.70. The molecule has 0 radical (unpaired) electrons. The molecule has 4 rings (SSSR count). The predicted octanol–water partition coefficient (Wildman–Crippen LogP) is 5.48. The van der Waals surface area contributed by atoms with Crippen LogP contribution < -0.4 is 15.4 Å². The maximum absolute atomic E-state index is 12.4. The molecule has 0 saturated carbocycles. The lowest BCUT2D eigenvalue weighted by Gasteiger charge is -2.09. The minimum atomic E-state index is -0.424. The number of rotatable bonds is 5. The number of aromatic nitrogens is 2. The number of hydrogen-bond donors (Lipinski definition) is 2. The molecule has 0 aliphatic rings. The monoisotopic (exact) mass is 386 g/mol. The van der Waals surface area contributed by atoms with Crippen LogP contribution in [-0.4, -0.2) is 16.2 Å². The van der Waals surface area contributed by atoms with Crippen molar-refractivity contribution in [2.24, 2.45) is 0 Å². The average molecular weight is 386 g/mol. The highest BCUT2D eigenvalue weighted by molar-refractivity contribution is 6.02. The summed E-state index contributed by atoms with van der Waals surface area (Å²) in [5.74, 6) is 1.63. The van der Waals surface area contributed by atoms with Crippen LogP contribution in [0.4, 0.5) is 16.2 Å². The summed E-state index contributed by atoms with van der Waals surface area (Å²) in [5, 5.41) is 9.49. The second kappa shape index (κ2) is 8.26. The quantitative estimate of drug-likeness (QED) is 0.474. The fraction of sp³-hybridized carbons (Fsp3) is 0.0455. The standard InChI is InChI=1S/C22H18N4O3/c1-15-20(21(29-26-15)16-8-4-2-5-9-16)25-22(27)24-17-12-13-19(23-14-17)28-18-10-6-3-7-11-18/h2-14H,1H3,(H2,24,25,27). The number of nitrogens with one attached hydrogen (secondary N) is 2. The largest absolute Gasteiger partial charge is 0.439 e. The number of hydrogen-bond acceptors (Lipinski definition) is 5. The normalized spacial score (nSPS) is 10.4. The highest BCUT2D eigenvalue weighted by Gasteiger charge is 2.17. The first-order valence-corrected chi connectivity index (χ1v) is 8.98. The second-order valence-electron chi connectivity index (χ2n) is 6.22. The Balaban J connectivity index is 1.42. The van der Waals surface area contributed by atoms with Crippen molar-refractivity contribution in [2.45, 2.75) is 6.92 Å². The van der Waals surface area contributed by atoms with Crippen molar-refractivity contribution in [3.63, 3.8) is 0 Å². The van der Waals surface area contributed by atoms with Crippen LogP contribution in [0.1, 0.15) is 5.69 Å². The maximum Gasteiger partial charge on any atom is 0.323 e. The van der Waals surface area contributed by atoms with Gasteiger partial charge in [-0.2, -0.15) is 0 Å². The summed E-state index contributed by atoms with van der Waals surface area (Å²) in [6, 6.07) is 21.8. The molecule has 0 fully saturated rings. The van der Waals surface area contributed by atoms with E-state index in [9.17, 15) is 4.79 Å². The zero-order chi connectivity index (χ0) is 20.1. The van der Waals surface area contributed by atoms with E-state index in [0.717, 1.165) is 5.56 Å². The smallest absolute Gasteiger partial charge is 0.323 e. The minimum Gasteiger partial charge on any atom is -0.439 e. The number of para-hydroxylation sites is 1. The van der Waals surface area contributed by atoms with Crippen molar-refractivity contribution >= 4 is 17.4 Å². The lowest BCUT2D eigenvalue weighted by atomic mass is 10.1. The molecule has 2 aromatic heterocycles. The van der Waals surface area contributed by atoms with Crippen molar-refractivity contribution < 1.29 is 14.1 Å². The third-order valence-electron chi connectivity index (χ3n) is 4.10. The molecule has 7 heteroatoms. The minimum absolute atomic E-state index is 0.424. The lowest BCUT2D eigenvalue weighted by molar-refractivity contribution is 0.262. The lowest BCUT2D eigenvalue weighted by Crippen LogP contribution is -2.20. The van der Waals surface area contributed by atoms with Gasteiger partial charge in [0.05, 0.1) is 11.9 Å². The van der Waals surface area contributed by atoms with Gasteiger partial charge in [0.15, 0.2) is 5.76 Å². The first-order chi connectivity index (χ1) is 14.2. The Morgan fingerprint density at radius 3 is 2.34 bits per heavy atom. The third kappa shape index (κ3) is 4.41. The van der Waals surface area contributed by atoms with Crippen LogP contribution in [0.2, 0.25) is 0 Å². The number of aryl methyl sites for hydroxylation is 1. The molecule has 29 heavy (non-hydrogen) atoms. The molecule has 4 aromatic rings. The summed E-state index contributed by atoms with van der Waals surface area (Å²) in [4.78, 5) is 16.7. The molecule has 0 atom stereocenters. The molecule has 0 bridgehead atoms. The van der Waals surface area contributed by atoms with E-state index in [1.807, 2.05) is 60.7 Å². The first kappa shape index (κ1) is 18.2. The number of ether oxygens (including phenoxy) is 1. The van der Waals surface area contributed by atoms with Gasteiger partial charge in [-0.25, -0.2) is 9.78 Å². The first-order valence-electron chi connectivity index (χ1n) is 8.98. The molecule has 0 aliphatic heterocycles. The van der Waals surface area contributed by atoms with E-state index in [4.69, 9.17) is 9.26 Å². The van der Waals surface area contributed by atoms with Crippen molar-refractivity contribution in [3.8, 4) is 23.0 Å². The molecule has 7 nitrogen and oxygen atoms in total. The summed E-state index contributed by atoms with van der Waals surface area (Å²) in [5.41, 5.74) is 2.46. The molecule has 0 spiro atoms. The zero-order valence-corrected chi connectivity index (χ0v) is 15.6. The zero-order valence-electron chi connectivity index (χ0n) is 15.6. The molecular weight excluding hydrogens is 368 g/mol. The van der Waals surface area contributed by atoms with E-state index in [2.05, 4.69) is 20.8 Å². The molecular formula is C22H18N4O3. The predicted molar refractivity (Wildman–Crippen MR) is 110 cm³/mol. The highest BCUT2D eigenvalue weighted by Crippen LogP contribution is 2.30. The van der Waals surface area contributed by atoms with Gasteiger partial charge in [0.1, 0.15) is 17.1 Å². The van der Waals surface area contributed by atoms with Gasteiger partial charge >= 0.3 is 6.03 Å². The number of amides is 2. The number of anilines is 2. The SMILES string of the molecule is Cc1noc(-c2ccccc2)c1NC(=O)Nc1ccc(Oc2ccccc2)nc1. The van der Waals surface area contributed by atoms with Gasteiger partial charge in [0.2, 0.25) is 5.88 Å². The summed E-state index contributed by atoms with van der Waals surface area (Å²) < 4.78 is 11.0. The Morgan fingerprint density at radius 2 is 1.66 bits per heavy atom. The van der Waals surface area contributed by atoms with Gasteiger partial charge in [-0.1, -0.05) is 53.7 Å². The average Bonchev–Trinajstić information content (AvgIpc) is 3.11. The van der Waals surface area contributed by atoms with Gasteiger partial charge in [0, 0.05) is 11.6 Å². The molecule has 2 aromatic carbocycles. The number of nitrogens with zero attached hydrogens (tertiary/aromatic N) is 2. The van der Waals surface area contributed by atoms with Gasteiger partial charge in [-0.15, -0.1) is 0 Å². The third-order valence-corrected chi connectivity index (χ3v) is 4.10. The molecule has 0 saturated heterocycles. The number of carbonyl (C=O) groups is 1. The van der Waals surface area contributed by atoms with Crippen LogP contribution in [-0.2, 0) is 0 Å². The van der Waals surface area contributed by atoms with Crippen LogP contribution in [0.3, 0.4) is 0 Å². The maximum atomic E-state index is 12.4. The summed E-state index contributed by atoms with van der Waals surface area (Å²) in [6.07, 6.45) is 1.52.